The van der Waals surface area contributed by atoms with Gasteiger partial charge in [0.1, 0.15) is 0 Å². The van der Waals surface area contributed by atoms with Gasteiger partial charge >= 0.3 is 5.97 Å². The average molecular weight is 469 g/mol. The summed E-state index contributed by atoms with van der Waals surface area (Å²) in [6, 6.07) is 21.3. The number of carboxylic acid groups (broad SMARTS) is 1. The predicted molar refractivity (Wildman–Crippen MR) is 140 cm³/mol. The maximum Gasteiger partial charge on any atom is 0.337 e. The maximum atomic E-state index is 13.3. The van der Waals surface area contributed by atoms with Crippen molar-refractivity contribution in [3.05, 3.63) is 99.2 Å². The molecule has 0 fully saturated rings. The number of thiophene rings is 1. The van der Waals surface area contributed by atoms with Crippen LogP contribution in [-0.2, 0) is 7.05 Å². The molecule has 0 radical (unpaired) electrons. The molecule has 170 valence electrons. The molecule has 1 unspecified atom stereocenters. The summed E-state index contributed by atoms with van der Waals surface area (Å²) in [7, 11) is 1.79. The Labute approximate surface area is 200 Å². The summed E-state index contributed by atoms with van der Waals surface area (Å²) < 4.78 is 2.62. The molecule has 0 aliphatic carbocycles. The van der Waals surface area contributed by atoms with E-state index in [0.29, 0.717) is 11.1 Å². The number of fused-ring (bicyclic) bond motifs is 2. The molecule has 0 aliphatic rings. The first kappa shape index (κ1) is 21.9. The smallest absolute Gasteiger partial charge is 0.337 e. The van der Waals surface area contributed by atoms with Gasteiger partial charge in [0.15, 0.2) is 0 Å². The second-order valence-electron chi connectivity index (χ2n) is 8.60. The van der Waals surface area contributed by atoms with E-state index in [1.807, 2.05) is 67.8 Å². The van der Waals surface area contributed by atoms with Crippen LogP contribution in [0.15, 0.2) is 76.9 Å². The lowest BCUT2D eigenvalue weighted by Gasteiger charge is -2.21. The largest absolute Gasteiger partial charge is 0.478 e. The lowest BCUT2D eigenvalue weighted by Crippen LogP contribution is -2.20. The third-order valence-corrected chi connectivity index (χ3v) is 7.14. The lowest BCUT2D eigenvalue weighted by molar-refractivity contribution is 0.0698. The first-order chi connectivity index (χ1) is 16.3. The number of carbonyl (C=O) groups is 1. The molecule has 5 nitrogen and oxygen atoms in total. The van der Waals surface area contributed by atoms with Crippen molar-refractivity contribution in [3.8, 4) is 11.3 Å². The van der Waals surface area contributed by atoms with Gasteiger partial charge in [-0.3, -0.25) is 4.79 Å². The van der Waals surface area contributed by atoms with Crippen molar-refractivity contribution in [2.75, 3.05) is 5.32 Å². The Kier molecular flexibility index (Phi) is 5.46. The van der Waals surface area contributed by atoms with Gasteiger partial charge in [-0.15, -0.1) is 11.3 Å². The topological polar surface area (TPSA) is 71.3 Å². The van der Waals surface area contributed by atoms with Gasteiger partial charge in [0.2, 0.25) is 0 Å². The second-order valence-corrected chi connectivity index (χ2v) is 9.55. The minimum absolute atomic E-state index is 0.0561. The highest BCUT2D eigenvalue weighted by atomic mass is 32.1. The SMILES string of the molecule is Cc1cc(C(C)Nc2cc3ccsc3cc2C(=O)O)c2cc(-c3ccccc3)n(C)c(=O)c2c1. The molecule has 0 aliphatic heterocycles. The van der Waals surface area contributed by atoms with Crippen molar-refractivity contribution in [1.82, 2.24) is 4.57 Å². The molecular weight excluding hydrogens is 444 g/mol. The highest BCUT2D eigenvalue weighted by Crippen LogP contribution is 2.33. The molecule has 0 bridgehead atoms. The highest BCUT2D eigenvalue weighted by Gasteiger charge is 2.19. The summed E-state index contributed by atoms with van der Waals surface area (Å²) in [6.07, 6.45) is 0. The van der Waals surface area contributed by atoms with Crippen LogP contribution in [0.4, 0.5) is 5.69 Å². The fourth-order valence-corrected chi connectivity index (χ4v) is 5.36. The van der Waals surface area contributed by atoms with E-state index in [1.165, 1.54) is 11.3 Å². The molecule has 5 rings (SSSR count). The summed E-state index contributed by atoms with van der Waals surface area (Å²) in [5.74, 6) is -0.973. The number of rotatable bonds is 5. The molecule has 34 heavy (non-hydrogen) atoms. The van der Waals surface area contributed by atoms with Crippen LogP contribution >= 0.6 is 11.3 Å². The maximum absolute atomic E-state index is 13.3. The number of hydrogen-bond donors (Lipinski definition) is 2. The van der Waals surface area contributed by atoms with Gasteiger partial charge in [-0.05, 0) is 77.0 Å². The highest BCUT2D eigenvalue weighted by molar-refractivity contribution is 7.17. The minimum Gasteiger partial charge on any atom is -0.478 e. The Morgan fingerprint density at radius 3 is 2.53 bits per heavy atom. The number of pyridine rings is 1. The molecule has 5 aromatic rings. The first-order valence-corrected chi connectivity index (χ1v) is 11.9. The second kappa shape index (κ2) is 8.47. The van der Waals surface area contributed by atoms with Gasteiger partial charge in [0.25, 0.3) is 5.56 Å². The summed E-state index contributed by atoms with van der Waals surface area (Å²) in [5, 5.41) is 17.7. The standard InChI is InChI=1S/C28H24N2O3S/c1-16-11-20(17(2)29-24-13-19-9-10-34-26(19)15-23(24)28(32)33)21-14-25(18-7-5-4-6-8-18)30(3)27(31)22(21)12-16/h4-15,17,29H,1-3H3,(H,32,33). The van der Waals surface area contributed by atoms with Crippen molar-refractivity contribution in [2.45, 2.75) is 19.9 Å². The van der Waals surface area contributed by atoms with Crippen molar-refractivity contribution in [2.24, 2.45) is 7.05 Å². The molecule has 0 saturated heterocycles. The van der Waals surface area contributed by atoms with Gasteiger partial charge in [-0.1, -0.05) is 36.4 Å². The van der Waals surface area contributed by atoms with Gasteiger partial charge in [-0.2, -0.15) is 0 Å². The predicted octanol–water partition coefficient (Wildman–Crippen LogP) is 6.60. The van der Waals surface area contributed by atoms with E-state index in [4.69, 9.17) is 0 Å². The number of aryl methyl sites for hydroxylation is 1. The van der Waals surface area contributed by atoms with Crippen LogP contribution in [0.5, 0.6) is 0 Å². The van der Waals surface area contributed by atoms with E-state index in [2.05, 4.69) is 17.4 Å². The number of nitrogens with one attached hydrogen (secondary N) is 1. The van der Waals surface area contributed by atoms with Crippen LogP contribution in [0.2, 0.25) is 0 Å². The average Bonchev–Trinajstić information content (AvgIpc) is 3.28. The fraction of sp³-hybridized carbons (Fsp3) is 0.143. The number of hydrogen-bond acceptors (Lipinski definition) is 4. The zero-order valence-electron chi connectivity index (χ0n) is 19.1. The van der Waals surface area contributed by atoms with E-state index in [9.17, 15) is 14.7 Å². The van der Waals surface area contributed by atoms with E-state index in [-0.39, 0.29) is 17.2 Å². The number of nitrogens with zero attached hydrogens (tertiary/aromatic N) is 1. The van der Waals surface area contributed by atoms with Crippen LogP contribution in [0.1, 0.15) is 34.5 Å². The van der Waals surface area contributed by atoms with Crippen LogP contribution in [0.25, 0.3) is 32.1 Å². The number of anilines is 1. The molecule has 2 aromatic heterocycles. The third kappa shape index (κ3) is 3.76. The summed E-state index contributed by atoms with van der Waals surface area (Å²) >= 11 is 1.52. The van der Waals surface area contributed by atoms with Gasteiger partial charge < -0.3 is 15.0 Å². The van der Waals surface area contributed by atoms with Crippen LogP contribution in [0.3, 0.4) is 0 Å². The van der Waals surface area contributed by atoms with Crippen molar-refractivity contribution in [1.29, 1.82) is 0 Å². The number of carboxylic acids is 1. The summed E-state index contributed by atoms with van der Waals surface area (Å²) in [4.78, 5) is 25.3. The van der Waals surface area contributed by atoms with E-state index in [1.54, 1.807) is 17.7 Å². The Morgan fingerprint density at radius 2 is 1.79 bits per heavy atom. The zero-order chi connectivity index (χ0) is 24.0. The first-order valence-electron chi connectivity index (χ1n) is 11.0. The Bertz CT molecular complexity index is 1620. The Morgan fingerprint density at radius 1 is 1.03 bits per heavy atom. The Balaban J connectivity index is 1.67. The Hall–Kier alpha value is -3.90. The summed E-state index contributed by atoms with van der Waals surface area (Å²) in [6.45, 7) is 3.97. The molecular formula is C28H24N2O3S. The fourth-order valence-electron chi connectivity index (χ4n) is 4.55. The molecule has 2 N–H and O–H groups in total. The van der Waals surface area contributed by atoms with Crippen molar-refractivity contribution >= 4 is 43.9 Å². The molecule has 0 amide bonds. The monoisotopic (exact) mass is 468 g/mol. The lowest BCUT2D eigenvalue weighted by atomic mass is 9.95. The van der Waals surface area contributed by atoms with Crippen LogP contribution < -0.4 is 10.9 Å². The molecule has 0 spiro atoms. The minimum atomic E-state index is -0.973. The molecule has 3 aromatic carbocycles. The van der Waals surface area contributed by atoms with E-state index < -0.39 is 5.97 Å². The van der Waals surface area contributed by atoms with Crippen molar-refractivity contribution < 1.29 is 9.90 Å². The van der Waals surface area contributed by atoms with Gasteiger partial charge in [0.05, 0.1) is 11.3 Å². The normalized spacial score (nSPS) is 12.2. The van der Waals surface area contributed by atoms with Crippen LogP contribution in [0, 0.1) is 6.92 Å². The number of aromatic nitrogens is 1. The number of aromatic carboxylic acids is 1. The van der Waals surface area contributed by atoms with Crippen molar-refractivity contribution in [3.63, 3.8) is 0 Å². The number of benzene rings is 3. The van der Waals surface area contributed by atoms with E-state index in [0.717, 1.165) is 37.9 Å². The quantitative estimate of drug-likeness (QED) is 0.305. The zero-order valence-corrected chi connectivity index (χ0v) is 19.9. The molecule has 6 heteroatoms. The molecule has 2 heterocycles. The third-order valence-electron chi connectivity index (χ3n) is 6.26. The van der Waals surface area contributed by atoms with Gasteiger partial charge in [0, 0.05) is 28.9 Å². The summed E-state index contributed by atoms with van der Waals surface area (Å²) in [5.41, 5.74) is 4.47. The van der Waals surface area contributed by atoms with Crippen LogP contribution in [-0.4, -0.2) is 15.6 Å². The van der Waals surface area contributed by atoms with E-state index >= 15 is 0 Å². The molecule has 1 atom stereocenters. The van der Waals surface area contributed by atoms with Gasteiger partial charge in [-0.25, -0.2) is 4.79 Å². The molecule has 0 saturated carbocycles.